The average molecular weight is 527 g/mol. The Morgan fingerprint density at radius 1 is 0.763 bits per heavy atom. The molecule has 0 aromatic heterocycles. The summed E-state index contributed by atoms with van der Waals surface area (Å²) in [5.41, 5.74) is 7.51. The van der Waals surface area contributed by atoms with Crippen molar-refractivity contribution in [2.45, 2.75) is 70.3 Å². The maximum absolute atomic E-state index is 13.3. The molecule has 2 rings (SSSR count). The van der Waals surface area contributed by atoms with Gasteiger partial charge in [-0.1, -0.05) is 80.9 Å². The molecule has 0 heterocycles. The maximum atomic E-state index is 13.3. The van der Waals surface area contributed by atoms with E-state index in [1.165, 1.54) is 6.92 Å². The van der Waals surface area contributed by atoms with Gasteiger partial charge in [0, 0.05) is 12.8 Å². The number of aliphatic hydroxyl groups excluding tert-OH is 1. The third kappa shape index (κ3) is 9.28. The number of carbonyl (C=O) groups is 4. The van der Waals surface area contributed by atoms with E-state index in [1.54, 1.807) is 54.6 Å². The summed E-state index contributed by atoms with van der Waals surface area (Å²) in [4.78, 5) is 50.9. The lowest BCUT2D eigenvalue weighted by Crippen LogP contribution is -2.60. The highest BCUT2D eigenvalue weighted by atomic mass is 16.4. The van der Waals surface area contributed by atoms with E-state index < -0.39 is 54.0 Å². The molecule has 0 saturated carbocycles. The van der Waals surface area contributed by atoms with E-state index in [4.69, 9.17) is 5.73 Å². The smallest absolute Gasteiger partial charge is 0.326 e. The standard InChI is InChI=1S/C28H38N4O6/c1-4-17(2)23(29)26(35)30-21(15-19-11-7-5-8-12-19)25(34)32-24(18(3)33)27(36)31-22(28(37)38)16-20-13-9-6-10-14-20/h5-14,17-18,21-24,33H,4,15-16,29H2,1-3H3,(H,30,35)(H,31,36)(H,32,34)(H,37,38). The van der Waals surface area contributed by atoms with Gasteiger partial charge in [0.2, 0.25) is 17.7 Å². The molecule has 38 heavy (non-hydrogen) atoms. The molecule has 6 unspecified atom stereocenters. The number of hydrogen-bond acceptors (Lipinski definition) is 6. The van der Waals surface area contributed by atoms with E-state index in [2.05, 4.69) is 16.0 Å². The monoisotopic (exact) mass is 526 g/mol. The van der Waals surface area contributed by atoms with Crippen LogP contribution in [0, 0.1) is 5.92 Å². The van der Waals surface area contributed by atoms with Gasteiger partial charge in [-0.15, -0.1) is 0 Å². The van der Waals surface area contributed by atoms with Crippen LogP contribution >= 0.6 is 0 Å². The largest absolute Gasteiger partial charge is 0.480 e. The zero-order valence-corrected chi connectivity index (χ0v) is 22.0. The molecule has 3 amide bonds. The van der Waals surface area contributed by atoms with E-state index in [-0.39, 0.29) is 18.8 Å². The Hall–Kier alpha value is -3.76. The highest BCUT2D eigenvalue weighted by Gasteiger charge is 2.33. The third-order valence-electron chi connectivity index (χ3n) is 6.44. The predicted molar refractivity (Wildman–Crippen MR) is 143 cm³/mol. The highest BCUT2D eigenvalue weighted by molar-refractivity contribution is 5.94. The Kier molecular flexibility index (Phi) is 11.9. The Balaban J connectivity index is 2.20. The highest BCUT2D eigenvalue weighted by Crippen LogP contribution is 2.09. The van der Waals surface area contributed by atoms with E-state index >= 15 is 0 Å². The number of nitrogens with one attached hydrogen (secondary N) is 3. The summed E-state index contributed by atoms with van der Waals surface area (Å²) in [6, 6.07) is 13.1. The minimum absolute atomic E-state index is 0.0164. The van der Waals surface area contributed by atoms with Crippen molar-refractivity contribution in [3.8, 4) is 0 Å². The van der Waals surface area contributed by atoms with Crippen molar-refractivity contribution in [2.24, 2.45) is 11.7 Å². The minimum Gasteiger partial charge on any atom is -0.480 e. The number of carboxylic acid groups (broad SMARTS) is 1. The lowest BCUT2D eigenvalue weighted by Gasteiger charge is -2.27. The van der Waals surface area contributed by atoms with Gasteiger partial charge in [-0.3, -0.25) is 14.4 Å². The zero-order chi connectivity index (χ0) is 28.2. The summed E-state index contributed by atoms with van der Waals surface area (Å²) in [5, 5.41) is 27.5. The van der Waals surface area contributed by atoms with Gasteiger partial charge in [0.25, 0.3) is 0 Å². The Morgan fingerprint density at radius 3 is 1.68 bits per heavy atom. The molecule has 0 radical (unpaired) electrons. The summed E-state index contributed by atoms with van der Waals surface area (Å²) in [6.45, 7) is 5.04. The fourth-order valence-electron chi connectivity index (χ4n) is 3.81. The van der Waals surface area contributed by atoms with Crippen LogP contribution in [0.1, 0.15) is 38.3 Å². The molecule has 2 aromatic rings. The number of aliphatic hydroxyl groups is 1. The van der Waals surface area contributed by atoms with Crippen LogP contribution in [0.3, 0.4) is 0 Å². The molecule has 0 saturated heterocycles. The molecular weight excluding hydrogens is 488 g/mol. The first kappa shape index (κ1) is 30.5. The Bertz CT molecular complexity index is 1060. The molecule has 0 fully saturated rings. The van der Waals surface area contributed by atoms with Crippen molar-refractivity contribution >= 4 is 23.7 Å². The molecule has 206 valence electrons. The molecule has 2 aromatic carbocycles. The van der Waals surface area contributed by atoms with Gasteiger partial charge in [0.1, 0.15) is 18.1 Å². The van der Waals surface area contributed by atoms with Crippen molar-refractivity contribution < 1.29 is 29.4 Å². The molecular formula is C28H38N4O6. The summed E-state index contributed by atoms with van der Waals surface area (Å²) < 4.78 is 0. The molecule has 7 N–H and O–H groups in total. The van der Waals surface area contributed by atoms with Crippen molar-refractivity contribution in [3.63, 3.8) is 0 Å². The van der Waals surface area contributed by atoms with Gasteiger partial charge >= 0.3 is 5.97 Å². The Labute approximate surface area is 223 Å². The first-order chi connectivity index (χ1) is 18.0. The van der Waals surface area contributed by atoms with Gasteiger partial charge in [-0.25, -0.2) is 4.79 Å². The molecule has 0 aliphatic rings. The topological polar surface area (TPSA) is 171 Å². The summed E-state index contributed by atoms with van der Waals surface area (Å²) in [6.07, 6.45) is -0.545. The predicted octanol–water partition coefficient (Wildman–Crippen LogP) is 0.765. The van der Waals surface area contributed by atoms with Crippen LogP contribution in [-0.4, -0.2) is 64.2 Å². The summed E-state index contributed by atoms with van der Waals surface area (Å²) >= 11 is 0. The second-order valence-electron chi connectivity index (χ2n) is 9.48. The molecule has 0 spiro atoms. The molecule has 0 bridgehead atoms. The van der Waals surface area contributed by atoms with E-state index in [1.807, 2.05) is 19.9 Å². The van der Waals surface area contributed by atoms with Crippen LogP contribution in [-0.2, 0) is 32.0 Å². The quantitative estimate of drug-likeness (QED) is 0.211. The number of rotatable bonds is 14. The SMILES string of the molecule is CCC(C)C(N)C(=O)NC(Cc1ccccc1)C(=O)NC(C(=O)NC(Cc1ccccc1)C(=O)O)C(C)O. The van der Waals surface area contributed by atoms with E-state index in [0.717, 1.165) is 5.56 Å². The van der Waals surface area contributed by atoms with Gasteiger partial charge in [-0.2, -0.15) is 0 Å². The van der Waals surface area contributed by atoms with Gasteiger partial charge in [0.05, 0.1) is 12.1 Å². The first-order valence-electron chi connectivity index (χ1n) is 12.7. The van der Waals surface area contributed by atoms with Crippen LogP contribution in [0.2, 0.25) is 0 Å². The Morgan fingerprint density at radius 2 is 1.24 bits per heavy atom. The lowest BCUT2D eigenvalue weighted by molar-refractivity contribution is -0.143. The number of hydrogen-bond donors (Lipinski definition) is 6. The first-order valence-corrected chi connectivity index (χ1v) is 12.7. The summed E-state index contributed by atoms with van der Waals surface area (Å²) in [7, 11) is 0. The normalized spacial score (nSPS) is 15.7. The molecule has 10 heteroatoms. The van der Waals surface area contributed by atoms with Crippen molar-refractivity contribution in [1.29, 1.82) is 0 Å². The van der Waals surface area contributed by atoms with Crippen molar-refractivity contribution in [2.75, 3.05) is 0 Å². The van der Waals surface area contributed by atoms with Crippen molar-refractivity contribution in [1.82, 2.24) is 16.0 Å². The van der Waals surface area contributed by atoms with Crippen molar-refractivity contribution in [3.05, 3.63) is 71.8 Å². The van der Waals surface area contributed by atoms with Crippen LogP contribution in [0.15, 0.2) is 60.7 Å². The number of nitrogens with two attached hydrogens (primary N) is 1. The van der Waals surface area contributed by atoms with Gasteiger partial charge < -0.3 is 31.9 Å². The van der Waals surface area contributed by atoms with Gasteiger partial charge in [0.15, 0.2) is 0 Å². The second-order valence-corrected chi connectivity index (χ2v) is 9.48. The van der Waals surface area contributed by atoms with Crippen LogP contribution < -0.4 is 21.7 Å². The maximum Gasteiger partial charge on any atom is 0.326 e. The van der Waals surface area contributed by atoms with E-state index in [0.29, 0.717) is 12.0 Å². The second kappa shape index (κ2) is 14.8. The zero-order valence-electron chi connectivity index (χ0n) is 22.0. The third-order valence-corrected chi connectivity index (χ3v) is 6.44. The average Bonchev–Trinajstić information content (AvgIpc) is 2.90. The van der Waals surface area contributed by atoms with Gasteiger partial charge in [-0.05, 0) is 24.0 Å². The molecule has 10 nitrogen and oxygen atoms in total. The van der Waals surface area contributed by atoms with Crippen LogP contribution in [0.25, 0.3) is 0 Å². The number of carbonyl (C=O) groups excluding carboxylic acids is 3. The molecule has 0 aliphatic heterocycles. The molecule has 6 atom stereocenters. The fraction of sp³-hybridized carbons (Fsp3) is 0.429. The number of carboxylic acids is 1. The number of aliphatic carboxylic acids is 1. The lowest BCUT2D eigenvalue weighted by atomic mass is 9.98. The fourth-order valence-corrected chi connectivity index (χ4v) is 3.81. The van der Waals surface area contributed by atoms with Crippen LogP contribution in [0.5, 0.6) is 0 Å². The number of benzene rings is 2. The summed E-state index contributed by atoms with van der Waals surface area (Å²) in [5.74, 6) is -3.47. The molecule has 0 aliphatic carbocycles. The van der Waals surface area contributed by atoms with Crippen LogP contribution in [0.4, 0.5) is 0 Å². The van der Waals surface area contributed by atoms with E-state index in [9.17, 15) is 29.4 Å². The minimum atomic E-state index is -1.46. The number of amides is 3.